The highest BCUT2D eigenvalue weighted by atomic mass is 16.2. The highest BCUT2D eigenvalue weighted by Gasteiger charge is 2.29. The predicted molar refractivity (Wildman–Crippen MR) is 212 cm³/mol. The number of benzene rings is 2. The summed E-state index contributed by atoms with van der Waals surface area (Å²) < 4.78 is 2.27. The molecule has 0 atom stereocenters. The van der Waals surface area contributed by atoms with Crippen LogP contribution in [0.2, 0.25) is 0 Å². The number of hydrogen-bond donors (Lipinski definition) is 3. The van der Waals surface area contributed by atoms with Crippen LogP contribution in [0.25, 0.3) is 11.2 Å². The number of piperazine rings is 1. The average molecular weight is 742 g/mol. The number of aromatic nitrogens is 6. The number of piperidine rings is 1. The second kappa shape index (κ2) is 15.6. The van der Waals surface area contributed by atoms with E-state index in [0.29, 0.717) is 30.4 Å². The molecule has 284 valence electrons. The number of hydrogen-bond acceptors (Lipinski definition) is 12. The van der Waals surface area contributed by atoms with Gasteiger partial charge in [0.15, 0.2) is 11.5 Å². The van der Waals surface area contributed by atoms with Crippen LogP contribution in [0.5, 0.6) is 0 Å². The quantitative estimate of drug-likeness (QED) is 0.167. The number of urea groups is 1. The van der Waals surface area contributed by atoms with E-state index in [9.17, 15) is 9.59 Å². The zero-order chi connectivity index (χ0) is 37.1. The van der Waals surface area contributed by atoms with Crippen molar-refractivity contribution in [3.8, 4) is 0 Å². The number of imidazole rings is 1. The molecule has 5 aromatic rings. The third kappa shape index (κ3) is 7.80. The van der Waals surface area contributed by atoms with Crippen molar-refractivity contribution in [2.45, 2.75) is 63.6 Å². The number of nitrogens with one attached hydrogen (secondary N) is 3. The van der Waals surface area contributed by atoms with E-state index in [2.05, 4.69) is 86.8 Å². The number of anilines is 6. The molecule has 4 fully saturated rings. The molecule has 0 unspecified atom stereocenters. The molecule has 0 spiro atoms. The van der Waals surface area contributed by atoms with Gasteiger partial charge in [-0.05, 0) is 74.2 Å². The monoisotopic (exact) mass is 741 g/mol. The van der Waals surface area contributed by atoms with E-state index >= 15 is 0 Å². The van der Waals surface area contributed by atoms with Crippen LogP contribution in [-0.2, 0) is 11.3 Å². The van der Waals surface area contributed by atoms with Crippen LogP contribution in [-0.4, -0.2) is 103 Å². The summed E-state index contributed by atoms with van der Waals surface area (Å²) in [4.78, 5) is 47.1. The summed E-state index contributed by atoms with van der Waals surface area (Å²) in [5.41, 5.74) is 5.73. The van der Waals surface area contributed by atoms with Crippen molar-refractivity contribution < 1.29 is 9.59 Å². The van der Waals surface area contributed by atoms with Crippen LogP contribution in [0, 0.1) is 0 Å². The fourth-order valence-electron chi connectivity index (χ4n) is 8.45. The zero-order valence-electron chi connectivity index (χ0n) is 31.0. The highest BCUT2D eigenvalue weighted by Crippen LogP contribution is 2.36. The fraction of sp³-hybridized carbons (Fsp3) is 0.425. The Morgan fingerprint density at radius 3 is 2.22 bits per heavy atom. The van der Waals surface area contributed by atoms with Crippen LogP contribution in [0.4, 0.5) is 39.6 Å². The first-order chi connectivity index (χ1) is 27.0. The topological polar surface area (TPSA) is 153 Å². The van der Waals surface area contributed by atoms with E-state index in [4.69, 9.17) is 9.97 Å². The molecule has 3 saturated heterocycles. The molecular formula is C40H47N13O2. The van der Waals surface area contributed by atoms with Crippen LogP contribution in [0.1, 0.15) is 56.7 Å². The SMILES string of the molecule is O=C1CCN(c2ccc(CN3CCN(C4CCN(c5ccc(Nc6ncc7nc(Nc8ccccc8)n(C8CCCC8)c7n6)cc5)CC4)CC3)nn2)C(=O)N1. The fourth-order valence-corrected chi connectivity index (χ4v) is 8.45. The maximum Gasteiger partial charge on any atom is 0.329 e. The van der Waals surface area contributed by atoms with Crippen LogP contribution in [0.3, 0.4) is 0 Å². The van der Waals surface area contributed by atoms with Gasteiger partial charge in [-0.3, -0.25) is 29.4 Å². The summed E-state index contributed by atoms with van der Waals surface area (Å²) in [5.74, 6) is 1.60. The van der Waals surface area contributed by atoms with Gasteiger partial charge in [0.1, 0.15) is 5.52 Å². The van der Waals surface area contributed by atoms with Crippen molar-refractivity contribution >= 4 is 57.9 Å². The number of fused-ring (bicyclic) bond motifs is 1. The second-order valence-corrected chi connectivity index (χ2v) is 15.0. The van der Waals surface area contributed by atoms with Gasteiger partial charge in [0.25, 0.3) is 0 Å². The molecule has 1 aliphatic carbocycles. The number of imide groups is 1. The Morgan fingerprint density at radius 2 is 1.49 bits per heavy atom. The number of amides is 3. The Balaban J connectivity index is 0.762. The predicted octanol–water partition coefficient (Wildman–Crippen LogP) is 5.45. The van der Waals surface area contributed by atoms with Crippen molar-refractivity contribution in [3.05, 3.63) is 78.6 Å². The number of carbonyl (C=O) groups excluding carboxylic acids is 2. The maximum absolute atomic E-state index is 12.1. The molecular weight excluding hydrogens is 695 g/mol. The van der Waals surface area contributed by atoms with Gasteiger partial charge >= 0.3 is 6.03 Å². The third-order valence-electron chi connectivity index (χ3n) is 11.5. The number of para-hydroxylation sites is 1. The Labute approximate surface area is 320 Å². The van der Waals surface area contributed by atoms with Crippen molar-refractivity contribution in [2.75, 3.05) is 66.2 Å². The Morgan fingerprint density at radius 1 is 0.727 bits per heavy atom. The lowest BCUT2D eigenvalue weighted by molar-refractivity contribution is -0.120. The molecule has 3 N–H and O–H groups in total. The first kappa shape index (κ1) is 35.1. The Kier molecular flexibility index (Phi) is 9.94. The van der Waals surface area contributed by atoms with Crippen molar-refractivity contribution in [1.29, 1.82) is 0 Å². The molecule has 15 nitrogen and oxygen atoms in total. The van der Waals surface area contributed by atoms with Gasteiger partial charge in [0.05, 0.1) is 11.9 Å². The molecule has 6 heterocycles. The summed E-state index contributed by atoms with van der Waals surface area (Å²) >= 11 is 0. The Hall–Kier alpha value is -5.67. The molecule has 3 aromatic heterocycles. The number of rotatable bonds is 10. The average Bonchev–Trinajstić information content (AvgIpc) is 3.87. The van der Waals surface area contributed by atoms with E-state index in [1.165, 1.54) is 23.4 Å². The van der Waals surface area contributed by atoms with Gasteiger partial charge in [0, 0.05) is 87.9 Å². The minimum absolute atomic E-state index is 0.258. The summed E-state index contributed by atoms with van der Waals surface area (Å²) in [7, 11) is 0. The molecule has 0 radical (unpaired) electrons. The summed E-state index contributed by atoms with van der Waals surface area (Å²) in [6, 6.07) is 23.1. The van der Waals surface area contributed by atoms with E-state index in [1.54, 1.807) is 0 Å². The van der Waals surface area contributed by atoms with Crippen LogP contribution < -0.4 is 25.8 Å². The van der Waals surface area contributed by atoms with Gasteiger partial charge in [-0.1, -0.05) is 31.0 Å². The summed E-state index contributed by atoms with van der Waals surface area (Å²) in [6.45, 7) is 7.17. The molecule has 2 aromatic carbocycles. The van der Waals surface area contributed by atoms with E-state index in [-0.39, 0.29) is 12.3 Å². The van der Waals surface area contributed by atoms with Crippen molar-refractivity contribution in [2.24, 2.45) is 0 Å². The normalized spacial score (nSPS) is 19.3. The summed E-state index contributed by atoms with van der Waals surface area (Å²) in [5, 5.41) is 17.9. The van der Waals surface area contributed by atoms with Crippen molar-refractivity contribution in [3.63, 3.8) is 0 Å². The standard InChI is InChI=1S/C40H47N13O2/c54-36-18-21-52(40(55)45-36)35-15-12-30(47-48-35)27-49-22-24-51(25-23-49)32-16-19-50(20-17-32)31-13-10-29(11-14-31)42-38-41-26-34-37(46-38)53(33-8-4-5-9-33)39(44-34)43-28-6-2-1-3-7-28/h1-3,6-7,10-15,26,32-33H,4-5,8-9,16-25,27H2,(H,43,44)(H,41,42,46)(H,45,54,55). The molecule has 55 heavy (non-hydrogen) atoms. The molecule has 3 aliphatic heterocycles. The third-order valence-corrected chi connectivity index (χ3v) is 11.5. The molecule has 0 bridgehead atoms. The van der Waals surface area contributed by atoms with E-state index in [1.807, 2.05) is 36.5 Å². The van der Waals surface area contributed by atoms with Gasteiger partial charge in [-0.15, -0.1) is 5.10 Å². The van der Waals surface area contributed by atoms with E-state index < -0.39 is 6.03 Å². The minimum Gasteiger partial charge on any atom is -0.371 e. The maximum atomic E-state index is 12.1. The summed E-state index contributed by atoms with van der Waals surface area (Å²) in [6.07, 6.45) is 9.07. The smallest absolute Gasteiger partial charge is 0.329 e. The van der Waals surface area contributed by atoms with Gasteiger partial charge in [-0.2, -0.15) is 10.1 Å². The first-order valence-corrected chi connectivity index (χ1v) is 19.6. The highest BCUT2D eigenvalue weighted by molar-refractivity contribution is 6.05. The first-order valence-electron chi connectivity index (χ1n) is 19.6. The van der Waals surface area contributed by atoms with E-state index in [0.717, 1.165) is 106 Å². The number of nitrogens with zero attached hydrogens (tertiary/aromatic N) is 10. The van der Waals surface area contributed by atoms with Gasteiger partial charge < -0.3 is 15.5 Å². The molecule has 9 rings (SSSR count). The lowest BCUT2D eigenvalue weighted by Gasteiger charge is -2.43. The molecule has 3 amide bonds. The number of carbonyl (C=O) groups is 2. The Bertz CT molecular complexity index is 2100. The van der Waals surface area contributed by atoms with Crippen LogP contribution >= 0.6 is 0 Å². The van der Waals surface area contributed by atoms with Crippen molar-refractivity contribution in [1.82, 2.24) is 44.8 Å². The largest absolute Gasteiger partial charge is 0.371 e. The van der Waals surface area contributed by atoms with Crippen LogP contribution in [0.15, 0.2) is 72.9 Å². The van der Waals surface area contributed by atoms with Gasteiger partial charge in [-0.25, -0.2) is 14.8 Å². The molecule has 4 aliphatic rings. The molecule has 15 heteroatoms. The lowest BCUT2D eigenvalue weighted by Crippen LogP contribution is -2.53. The zero-order valence-corrected chi connectivity index (χ0v) is 31.0. The van der Waals surface area contributed by atoms with Gasteiger partial charge in [0.2, 0.25) is 17.8 Å². The molecule has 1 saturated carbocycles. The minimum atomic E-state index is -0.443. The second-order valence-electron chi connectivity index (χ2n) is 15.0. The lowest BCUT2D eigenvalue weighted by atomic mass is 10.0.